The molecule has 7 nitrogen and oxygen atoms in total. The van der Waals surface area contributed by atoms with Gasteiger partial charge in [0.25, 0.3) is 5.70 Å². The van der Waals surface area contributed by atoms with Crippen LogP contribution in [0.4, 0.5) is 0 Å². The number of thioether (sulfide) groups is 1. The smallest absolute Gasteiger partial charge is 0.276 e. The van der Waals surface area contributed by atoms with E-state index in [1.807, 2.05) is 12.1 Å². The van der Waals surface area contributed by atoms with Crippen LogP contribution in [0.1, 0.15) is 18.4 Å². The standard InChI is InChI=1S/C16H20N2O5S/c1-22-13-6-4-11(10-14(13)23-2)8-9-17-15(19)7-5-12(18(20)21)16(17)24-3/h4,6,10H,5,7-9H2,1-3H3. The average molecular weight is 352 g/mol. The highest BCUT2D eigenvalue weighted by Crippen LogP contribution is 2.32. The molecule has 0 N–H and O–H groups in total. The summed E-state index contributed by atoms with van der Waals surface area (Å²) in [4.78, 5) is 24.5. The van der Waals surface area contributed by atoms with Crippen molar-refractivity contribution in [1.29, 1.82) is 0 Å². The Kier molecular flexibility index (Phi) is 6.08. The number of carbonyl (C=O) groups excluding carboxylic acids is 1. The topological polar surface area (TPSA) is 81.9 Å². The molecule has 1 aliphatic rings. The molecule has 24 heavy (non-hydrogen) atoms. The maximum Gasteiger partial charge on any atom is 0.276 e. The second kappa shape index (κ2) is 8.05. The maximum absolute atomic E-state index is 12.2. The van der Waals surface area contributed by atoms with Crippen molar-refractivity contribution in [3.05, 3.63) is 44.6 Å². The molecule has 0 unspecified atom stereocenters. The monoisotopic (exact) mass is 352 g/mol. The number of benzene rings is 1. The lowest BCUT2D eigenvalue weighted by Crippen LogP contribution is -2.36. The van der Waals surface area contributed by atoms with Crippen molar-refractivity contribution in [3.63, 3.8) is 0 Å². The molecule has 1 aromatic rings. The molecular formula is C16H20N2O5S. The van der Waals surface area contributed by atoms with Gasteiger partial charge in [-0.3, -0.25) is 14.9 Å². The summed E-state index contributed by atoms with van der Waals surface area (Å²) in [5.74, 6) is 1.17. The molecule has 0 bridgehead atoms. The molecule has 130 valence electrons. The van der Waals surface area contributed by atoms with Gasteiger partial charge < -0.3 is 14.4 Å². The van der Waals surface area contributed by atoms with Crippen LogP contribution in [0.15, 0.2) is 28.9 Å². The third-order valence-corrected chi connectivity index (χ3v) is 4.70. The van der Waals surface area contributed by atoms with Crippen LogP contribution < -0.4 is 9.47 Å². The SMILES string of the molecule is COc1ccc(CCN2C(=O)CCC([N+](=O)[O-])=C2SC)cc1OC. The highest BCUT2D eigenvalue weighted by Gasteiger charge is 2.32. The Morgan fingerprint density at radius 2 is 1.96 bits per heavy atom. The molecule has 1 amide bonds. The number of methoxy groups -OCH3 is 2. The Labute approximate surface area is 144 Å². The van der Waals surface area contributed by atoms with E-state index >= 15 is 0 Å². The molecule has 1 heterocycles. The Morgan fingerprint density at radius 3 is 2.54 bits per heavy atom. The third kappa shape index (κ3) is 3.81. The summed E-state index contributed by atoms with van der Waals surface area (Å²) in [6.45, 7) is 0.391. The first-order valence-electron chi connectivity index (χ1n) is 7.44. The molecule has 2 rings (SSSR count). The van der Waals surface area contributed by atoms with Gasteiger partial charge in [0.1, 0.15) is 0 Å². The summed E-state index contributed by atoms with van der Waals surface area (Å²) in [6, 6.07) is 5.55. The van der Waals surface area contributed by atoms with Crippen molar-refractivity contribution in [2.45, 2.75) is 19.3 Å². The lowest BCUT2D eigenvalue weighted by Gasteiger charge is -2.27. The average Bonchev–Trinajstić information content (AvgIpc) is 2.59. The van der Waals surface area contributed by atoms with Crippen LogP contribution in [0.25, 0.3) is 0 Å². The molecule has 0 aromatic heterocycles. The van der Waals surface area contributed by atoms with Crippen LogP contribution in [0, 0.1) is 10.1 Å². The Balaban J connectivity index is 2.19. The van der Waals surface area contributed by atoms with Gasteiger partial charge in [0.05, 0.1) is 25.6 Å². The van der Waals surface area contributed by atoms with Crippen molar-refractivity contribution < 1.29 is 19.2 Å². The summed E-state index contributed by atoms with van der Waals surface area (Å²) in [5, 5.41) is 11.6. The van der Waals surface area contributed by atoms with Gasteiger partial charge in [-0.1, -0.05) is 6.07 Å². The van der Waals surface area contributed by atoms with Gasteiger partial charge in [-0.15, -0.1) is 11.8 Å². The highest BCUT2D eigenvalue weighted by atomic mass is 32.2. The van der Waals surface area contributed by atoms with Crippen LogP contribution in [-0.4, -0.2) is 42.8 Å². The second-order valence-electron chi connectivity index (χ2n) is 5.20. The van der Waals surface area contributed by atoms with E-state index in [0.717, 1.165) is 5.56 Å². The number of hydrogen-bond acceptors (Lipinski definition) is 6. The summed E-state index contributed by atoms with van der Waals surface area (Å²) < 4.78 is 10.5. The van der Waals surface area contributed by atoms with Gasteiger partial charge in [0.2, 0.25) is 5.91 Å². The van der Waals surface area contributed by atoms with E-state index in [2.05, 4.69) is 0 Å². The molecule has 1 aliphatic heterocycles. The normalized spacial score (nSPS) is 14.8. The number of amides is 1. The van der Waals surface area contributed by atoms with Gasteiger partial charge in [-0.2, -0.15) is 0 Å². The van der Waals surface area contributed by atoms with Gasteiger partial charge in [-0.05, 0) is 30.4 Å². The van der Waals surface area contributed by atoms with Crippen LogP contribution in [0.5, 0.6) is 11.5 Å². The molecule has 0 saturated heterocycles. The van der Waals surface area contributed by atoms with E-state index < -0.39 is 0 Å². The molecule has 0 radical (unpaired) electrons. The van der Waals surface area contributed by atoms with E-state index in [4.69, 9.17) is 9.47 Å². The Morgan fingerprint density at radius 1 is 1.25 bits per heavy atom. The van der Waals surface area contributed by atoms with Gasteiger partial charge in [-0.25, -0.2) is 0 Å². The van der Waals surface area contributed by atoms with Crippen molar-refractivity contribution in [2.75, 3.05) is 27.0 Å². The lowest BCUT2D eigenvalue weighted by molar-refractivity contribution is -0.429. The molecule has 0 atom stereocenters. The second-order valence-corrected chi connectivity index (χ2v) is 5.99. The minimum atomic E-state index is -0.387. The molecule has 0 saturated carbocycles. The first kappa shape index (κ1) is 18.1. The highest BCUT2D eigenvalue weighted by molar-refractivity contribution is 8.02. The van der Waals surface area contributed by atoms with Crippen molar-refractivity contribution in [3.8, 4) is 11.5 Å². The maximum atomic E-state index is 12.2. The Bertz CT molecular complexity index is 674. The number of ether oxygens (including phenoxy) is 2. The molecule has 0 aliphatic carbocycles. The number of nitrogens with zero attached hydrogens (tertiary/aromatic N) is 2. The number of nitro groups is 1. The predicted molar refractivity (Wildman–Crippen MR) is 91.7 cm³/mol. The fraction of sp³-hybridized carbons (Fsp3) is 0.438. The van der Waals surface area contributed by atoms with Crippen LogP contribution in [0.2, 0.25) is 0 Å². The summed E-state index contributed by atoms with van der Waals surface area (Å²) in [5.41, 5.74) is 1.09. The first-order valence-corrected chi connectivity index (χ1v) is 8.67. The van der Waals surface area contributed by atoms with Crippen molar-refractivity contribution >= 4 is 17.7 Å². The van der Waals surface area contributed by atoms with E-state index in [-0.39, 0.29) is 29.4 Å². The van der Waals surface area contributed by atoms with Crippen LogP contribution >= 0.6 is 11.8 Å². The van der Waals surface area contributed by atoms with E-state index in [0.29, 0.717) is 29.5 Å². The number of hydrogen-bond donors (Lipinski definition) is 0. The molecule has 1 aromatic carbocycles. The molecule has 8 heteroatoms. The zero-order valence-electron chi connectivity index (χ0n) is 13.9. The fourth-order valence-corrected chi connectivity index (χ4v) is 3.46. The number of allylic oxidation sites excluding steroid dienone is 1. The van der Waals surface area contributed by atoms with Crippen molar-refractivity contribution in [2.24, 2.45) is 0 Å². The van der Waals surface area contributed by atoms with Gasteiger partial charge in [0, 0.05) is 13.0 Å². The first-order chi connectivity index (χ1) is 11.5. The van der Waals surface area contributed by atoms with Crippen molar-refractivity contribution in [1.82, 2.24) is 4.90 Å². The quantitative estimate of drug-likeness (QED) is 0.554. The third-order valence-electron chi connectivity index (χ3n) is 3.85. The molecule has 0 fully saturated rings. The minimum Gasteiger partial charge on any atom is -0.493 e. The zero-order valence-corrected chi connectivity index (χ0v) is 14.7. The largest absolute Gasteiger partial charge is 0.493 e. The van der Waals surface area contributed by atoms with Gasteiger partial charge >= 0.3 is 0 Å². The molecular weight excluding hydrogens is 332 g/mol. The fourth-order valence-electron chi connectivity index (χ4n) is 2.64. The number of rotatable bonds is 7. The van der Waals surface area contributed by atoms with E-state index in [1.54, 1.807) is 26.5 Å². The van der Waals surface area contributed by atoms with E-state index in [9.17, 15) is 14.9 Å². The lowest BCUT2D eigenvalue weighted by atomic mass is 10.1. The number of carbonyl (C=O) groups is 1. The summed E-state index contributed by atoms with van der Waals surface area (Å²) in [6.07, 6.45) is 2.68. The summed E-state index contributed by atoms with van der Waals surface area (Å²) >= 11 is 1.24. The van der Waals surface area contributed by atoms with Crippen LogP contribution in [-0.2, 0) is 11.2 Å². The van der Waals surface area contributed by atoms with Gasteiger partial charge in [0.15, 0.2) is 16.5 Å². The molecule has 0 spiro atoms. The zero-order chi connectivity index (χ0) is 17.7. The Hall–Kier alpha value is -2.22. The minimum absolute atomic E-state index is 0.0783. The predicted octanol–water partition coefficient (Wildman–Crippen LogP) is 2.68. The van der Waals surface area contributed by atoms with E-state index in [1.165, 1.54) is 16.7 Å². The van der Waals surface area contributed by atoms with Crippen LogP contribution in [0.3, 0.4) is 0 Å². The summed E-state index contributed by atoms with van der Waals surface area (Å²) in [7, 11) is 3.13.